The Morgan fingerprint density at radius 1 is 1.17 bits per heavy atom. The summed E-state index contributed by atoms with van der Waals surface area (Å²) in [7, 11) is 0. The van der Waals surface area contributed by atoms with Gasteiger partial charge in [-0.3, -0.25) is 10.1 Å². The minimum absolute atomic E-state index is 0.104. The molecule has 0 aromatic heterocycles. The van der Waals surface area contributed by atoms with Gasteiger partial charge in [0.2, 0.25) is 0 Å². The number of rotatable bonds is 5. The SMILES string of the molecule is O=[N+]([O-])c1cccc(CNc2ccccc2N2CCC(O)CC2)c1. The van der Waals surface area contributed by atoms with Crippen LogP contribution in [-0.2, 0) is 6.54 Å². The van der Waals surface area contributed by atoms with Crippen molar-refractivity contribution in [2.75, 3.05) is 23.3 Å². The number of benzene rings is 2. The highest BCUT2D eigenvalue weighted by Gasteiger charge is 2.19. The molecule has 2 aromatic carbocycles. The molecule has 0 saturated carbocycles. The average Bonchev–Trinajstić information content (AvgIpc) is 2.61. The quantitative estimate of drug-likeness (QED) is 0.651. The number of non-ortho nitro benzene ring substituents is 1. The zero-order valence-corrected chi connectivity index (χ0v) is 13.4. The van der Waals surface area contributed by atoms with E-state index in [1.807, 2.05) is 24.3 Å². The van der Waals surface area contributed by atoms with Gasteiger partial charge in [-0.15, -0.1) is 0 Å². The molecule has 0 atom stereocenters. The molecule has 1 saturated heterocycles. The zero-order valence-electron chi connectivity index (χ0n) is 13.4. The second-order valence-corrected chi connectivity index (χ2v) is 6.02. The molecular formula is C18H21N3O3. The van der Waals surface area contributed by atoms with E-state index in [2.05, 4.69) is 16.3 Å². The van der Waals surface area contributed by atoms with Crippen molar-refractivity contribution in [2.24, 2.45) is 0 Å². The number of aliphatic hydroxyl groups excluding tert-OH is 1. The molecular weight excluding hydrogens is 306 g/mol. The van der Waals surface area contributed by atoms with Crippen LogP contribution in [0.5, 0.6) is 0 Å². The minimum atomic E-state index is -0.378. The van der Waals surface area contributed by atoms with E-state index in [9.17, 15) is 15.2 Å². The fourth-order valence-corrected chi connectivity index (χ4v) is 2.98. The van der Waals surface area contributed by atoms with Crippen molar-refractivity contribution in [2.45, 2.75) is 25.5 Å². The molecule has 0 unspecified atom stereocenters. The van der Waals surface area contributed by atoms with Gasteiger partial charge < -0.3 is 15.3 Å². The third kappa shape index (κ3) is 3.83. The van der Waals surface area contributed by atoms with E-state index in [0.29, 0.717) is 6.54 Å². The summed E-state index contributed by atoms with van der Waals surface area (Å²) < 4.78 is 0. The number of para-hydroxylation sites is 2. The third-order valence-electron chi connectivity index (χ3n) is 4.31. The lowest BCUT2D eigenvalue weighted by molar-refractivity contribution is -0.384. The van der Waals surface area contributed by atoms with Gasteiger partial charge in [0.25, 0.3) is 5.69 Å². The van der Waals surface area contributed by atoms with Crippen LogP contribution in [0.15, 0.2) is 48.5 Å². The van der Waals surface area contributed by atoms with E-state index < -0.39 is 0 Å². The monoisotopic (exact) mass is 327 g/mol. The molecule has 6 heteroatoms. The number of nitrogens with one attached hydrogen (secondary N) is 1. The highest BCUT2D eigenvalue weighted by Crippen LogP contribution is 2.29. The molecule has 3 rings (SSSR count). The lowest BCUT2D eigenvalue weighted by Crippen LogP contribution is -2.36. The fourth-order valence-electron chi connectivity index (χ4n) is 2.98. The van der Waals surface area contributed by atoms with Crippen molar-refractivity contribution in [1.29, 1.82) is 0 Å². The van der Waals surface area contributed by atoms with Gasteiger partial charge in [0.05, 0.1) is 22.4 Å². The molecule has 1 heterocycles. The van der Waals surface area contributed by atoms with E-state index in [-0.39, 0.29) is 16.7 Å². The highest BCUT2D eigenvalue weighted by molar-refractivity contribution is 5.70. The van der Waals surface area contributed by atoms with Crippen LogP contribution in [0.1, 0.15) is 18.4 Å². The first-order valence-electron chi connectivity index (χ1n) is 8.13. The minimum Gasteiger partial charge on any atom is -0.393 e. The van der Waals surface area contributed by atoms with Gasteiger partial charge in [-0.25, -0.2) is 0 Å². The number of nitrogens with zero attached hydrogens (tertiary/aromatic N) is 2. The molecule has 1 aliphatic rings. The van der Waals surface area contributed by atoms with Crippen LogP contribution in [0.4, 0.5) is 17.1 Å². The van der Waals surface area contributed by atoms with E-state index in [0.717, 1.165) is 42.9 Å². The maximum Gasteiger partial charge on any atom is 0.269 e. The molecule has 2 aromatic rings. The first kappa shape index (κ1) is 16.3. The number of piperidine rings is 1. The van der Waals surface area contributed by atoms with Crippen LogP contribution >= 0.6 is 0 Å². The highest BCUT2D eigenvalue weighted by atomic mass is 16.6. The normalized spacial score (nSPS) is 15.3. The van der Waals surface area contributed by atoms with Crippen LogP contribution in [0.2, 0.25) is 0 Å². The maximum absolute atomic E-state index is 10.9. The number of nitro groups is 1. The third-order valence-corrected chi connectivity index (χ3v) is 4.31. The van der Waals surface area contributed by atoms with Crippen LogP contribution in [0.25, 0.3) is 0 Å². The van der Waals surface area contributed by atoms with Crippen molar-refractivity contribution in [3.63, 3.8) is 0 Å². The Kier molecular flexibility index (Phi) is 4.96. The molecule has 2 N–H and O–H groups in total. The van der Waals surface area contributed by atoms with Crippen LogP contribution in [-0.4, -0.2) is 29.2 Å². The summed E-state index contributed by atoms with van der Waals surface area (Å²) in [4.78, 5) is 12.8. The largest absolute Gasteiger partial charge is 0.393 e. The van der Waals surface area contributed by atoms with Gasteiger partial charge in [0.1, 0.15) is 0 Å². The van der Waals surface area contributed by atoms with Gasteiger partial charge >= 0.3 is 0 Å². The molecule has 0 radical (unpaired) electrons. The Morgan fingerprint density at radius 3 is 2.67 bits per heavy atom. The fraction of sp³-hybridized carbons (Fsp3) is 0.333. The van der Waals surface area contributed by atoms with Crippen molar-refractivity contribution >= 4 is 17.1 Å². The van der Waals surface area contributed by atoms with Crippen LogP contribution in [0.3, 0.4) is 0 Å². The number of aliphatic hydroxyl groups is 1. The second kappa shape index (κ2) is 7.31. The predicted octanol–water partition coefficient (Wildman–Crippen LogP) is 3.17. The van der Waals surface area contributed by atoms with Crippen LogP contribution < -0.4 is 10.2 Å². The molecule has 0 amide bonds. The molecule has 126 valence electrons. The summed E-state index contributed by atoms with van der Waals surface area (Å²) in [6.45, 7) is 2.18. The van der Waals surface area contributed by atoms with E-state index in [1.54, 1.807) is 12.1 Å². The van der Waals surface area contributed by atoms with Gasteiger partial charge in [-0.2, -0.15) is 0 Å². The van der Waals surface area contributed by atoms with E-state index >= 15 is 0 Å². The Morgan fingerprint density at radius 2 is 1.92 bits per heavy atom. The zero-order chi connectivity index (χ0) is 16.9. The molecule has 1 fully saturated rings. The summed E-state index contributed by atoms with van der Waals surface area (Å²) >= 11 is 0. The lowest BCUT2D eigenvalue weighted by atomic mass is 10.1. The number of nitro benzene ring substituents is 1. The standard InChI is InChI=1S/C18H21N3O3/c22-16-8-10-20(11-9-16)18-7-2-1-6-17(18)19-13-14-4-3-5-15(12-14)21(23)24/h1-7,12,16,19,22H,8-11,13H2. The first-order chi connectivity index (χ1) is 11.6. The van der Waals surface area contributed by atoms with Crippen molar-refractivity contribution in [3.8, 4) is 0 Å². The first-order valence-corrected chi connectivity index (χ1v) is 8.13. The van der Waals surface area contributed by atoms with Gasteiger partial charge in [-0.05, 0) is 30.5 Å². The summed E-state index contributed by atoms with van der Waals surface area (Å²) in [5.74, 6) is 0. The van der Waals surface area contributed by atoms with Crippen LogP contribution in [0, 0.1) is 10.1 Å². The molecule has 24 heavy (non-hydrogen) atoms. The Hall–Kier alpha value is -2.60. The molecule has 0 spiro atoms. The molecule has 0 aliphatic carbocycles. The summed E-state index contributed by atoms with van der Waals surface area (Å²) in [5, 5.41) is 23.9. The van der Waals surface area contributed by atoms with Crippen molar-refractivity contribution < 1.29 is 10.0 Å². The van der Waals surface area contributed by atoms with Gasteiger partial charge in [0, 0.05) is 31.8 Å². The topological polar surface area (TPSA) is 78.6 Å². The van der Waals surface area contributed by atoms with E-state index in [4.69, 9.17) is 0 Å². The number of hydrogen-bond acceptors (Lipinski definition) is 5. The molecule has 0 bridgehead atoms. The molecule has 6 nitrogen and oxygen atoms in total. The Balaban J connectivity index is 1.71. The lowest BCUT2D eigenvalue weighted by Gasteiger charge is -2.33. The maximum atomic E-state index is 10.9. The Labute approximate surface area is 140 Å². The Bertz CT molecular complexity index is 712. The summed E-state index contributed by atoms with van der Waals surface area (Å²) in [5.41, 5.74) is 3.08. The van der Waals surface area contributed by atoms with Crippen molar-refractivity contribution in [1.82, 2.24) is 0 Å². The van der Waals surface area contributed by atoms with Gasteiger partial charge in [0.15, 0.2) is 0 Å². The van der Waals surface area contributed by atoms with E-state index in [1.165, 1.54) is 6.07 Å². The number of hydrogen-bond donors (Lipinski definition) is 2. The molecule has 1 aliphatic heterocycles. The van der Waals surface area contributed by atoms with Gasteiger partial charge in [-0.1, -0.05) is 24.3 Å². The predicted molar refractivity (Wildman–Crippen MR) is 94.3 cm³/mol. The summed E-state index contributed by atoms with van der Waals surface area (Å²) in [6, 6.07) is 14.7. The number of anilines is 2. The second-order valence-electron chi connectivity index (χ2n) is 6.02. The van der Waals surface area contributed by atoms with Crippen molar-refractivity contribution in [3.05, 3.63) is 64.2 Å². The average molecular weight is 327 g/mol. The summed E-state index contributed by atoms with van der Waals surface area (Å²) in [6.07, 6.45) is 1.35. The smallest absolute Gasteiger partial charge is 0.269 e.